The highest BCUT2D eigenvalue weighted by atomic mass is 35.5. The van der Waals surface area contributed by atoms with Gasteiger partial charge in [-0.1, -0.05) is 41.4 Å². The molecule has 3 aromatic rings. The van der Waals surface area contributed by atoms with Gasteiger partial charge in [0.15, 0.2) is 0 Å². The third-order valence-corrected chi connectivity index (χ3v) is 5.81. The van der Waals surface area contributed by atoms with Crippen LogP contribution in [0.3, 0.4) is 0 Å². The molecular formula is C21H14Cl2N2O3S. The molecule has 1 aliphatic heterocycles. The summed E-state index contributed by atoms with van der Waals surface area (Å²) in [5.41, 5.74) is 1.23. The number of carbonyl (C=O) groups is 2. The predicted molar refractivity (Wildman–Crippen MR) is 117 cm³/mol. The van der Waals surface area contributed by atoms with Crippen molar-refractivity contribution in [2.45, 2.75) is 0 Å². The Kier molecular flexibility index (Phi) is 5.32. The summed E-state index contributed by atoms with van der Waals surface area (Å²) in [4.78, 5) is 28.4. The normalized spacial score (nSPS) is 14.0. The van der Waals surface area contributed by atoms with Crippen molar-refractivity contribution in [1.82, 2.24) is 0 Å². The van der Waals surface area contributed by atoms with Crippen LogP contribution in [0.15, 0.2) is 65.7 Å². The van der Waals surface area contributed by atoms with Crippen LogP contribution in [0.1, 0.15) is 4.88 Å². The molecule has 0 unspecified atom stereocenters. The van der Waals surface area contributed by atoms with Crippen LogP contribution in [0.4, 0.5) is 11.4 Å². The van der Waals surface area contributed by atoms with Crippen molar-refractivity contribution in [3.05, 3.63) is 80.6 Å². The maximum absolute atomic E-state index is 13.3. The molecule has 2 aromatic carbocycles. The van der Waals surface area contributed by atoms with Gasteiger partial charge in [-0.15, -0.1) is 11.3 Å². The molecule has 1 aromatic heterocycles. The first-order valence-corrected chi connectivity index (χ1v) is 10.2. The van der Waals surface area contributed by atoms with Crippen LogP contribution < -0.4 is 15.0 Å². The molecule has 2 amide bonds. The van der Waals surface area contributed by atoms with Crippen LogP contribution in [-0.4, -0.2) is 18.9 Å². The number of benzene rings is 2. The molecule has 2 heterocycles. The molecule has 1 N–H and O–H groups in total. The Morgan fingerprint density at radius 3 is 2.52 bits per heavy atom. The Bertz CT molecular complexity index is 1140. The zero-order chi connectivity index (χ0) is 20.5. The smallest absolute Gasteiger partial charge is 0.282 e. The Morgan fingerprint density at radius 1 is 1.00 bits per heavy atom. The van der Waals surface area contributed by atoms with E-state index in [2.05, 4.69) is 5.32 Å². The Morgan fingerprint density at radius 2 is 1.79 bits per heavy atom. The van der Waals surface area contributed by atoms with E-state index in [1.165, 1.54) is 24.5 Å². The number of nitrogens with one attached hydrogen (secondary N) is 1. The van der Waals surface area contributed by atoms with E-state index in [9.17, 15) is 9.59 Å². The Labute approximate surface area is 181 Å². The molecule has 4 rings (SSSR count). The van der Waals surface area contributed by atoms with E-state index in [4.69, 9.17) is 27.9 Å². The molecule has 0 atom stereocenters. The highest BCUT2D eigenvalue weighted by Gasteiger charge is 2.41. The number of anilines is 2. The largest absolute Gasteiger partial charge is 0.495 e. The maximum atomic E-state index is 13.3. The number of halogens is 2. The molecule has 0 fully saturated rings. The molecule has 0 saturated carbocycles. The van der Waals surface area contributed by atoms with Gasteiger partial charge < -0.3 is 10.1 Å². The highest BCUT2D eigenvalue weighted by Crippen LogP contribution is 2.39. The van der Waals surface area contributed by atoms with Crippen LogP contribution in [0.25, 0.3) is 5.57 Å². The lowest BCUT2D eigenvalue weighted by molar-refractivity contribution is -0.120. The molecule has 0 spiro atoms. The van der Waals surface area contributed by atoms with Gasteiger partial charge in [0.1, 0.15) is 11.4 Å². The molecule has 5 nitrogen and oxygen atoms in total. The van der Waals surface area contributed by atoms with E-state index in [0.29, 0.717) is 21.3 Å². The van der Waals surface area contributed by atoms with Crippen molar-refractivity contribution in [1.29, 1.82) is 0 Å². The van der Waals surface area contributed by atoms with Crippen molar-refractivity contribution < 1.29 is 14.3 Å². The number of para-hydroxylation sites is 2. The van der Waals surface area contributed by atoms with Crippen molar-refractivity contribution in [3.63, 3.8) is 0 Å². The molecular weight excluding hydrogens is 431 g/mol. The summed E-state index contributed by atoms with van der Waals surface area (Å²) < 4.78 is 5.36. The number of methoxy groups -OCH3 is 1. The number of rotatable bonds is 5. The molecule has 29 heavy (non-hydrogen) atoms. The van der Waals surface area contributed by atoms with E-state index in [1.54, 1.807) is 30.3 Å². The second-order valence-electron chi connectivity index (χ2n) is 6.09. The van der Waals surface area contributed by atoms with Crippen LogP contribution in [-0.2, 0) is 9.59 Å². The average molecular weight is 445 g/mol. The zero-order valence-electron chi connectivity index (χ0n) is 15.1. The SMILES string of the molecule is COc1ccccc1NC1=C(c2cccs2)C(=O)N(c2cc(Cl)ccc2Cl)C1=O. The lowest BCUT2D eigenvalue weighted by Crippen LogP contribution is -2.32. The summed E-state index contributed by atoms with van der Waals surface area (Å²) in [5.74, 6) is -0.447. The summed E-state index contributed by atoms with van der Waals surface area (Å²) in [5, 5.41) is 5.55. The average Bonchev–Trinajstić information content (AvgIpc) is 3.32. The van der Waals surface area contributed by atoms with Gasteiger partial charge in [0.2, 0.25) is 0 Å². The third-order valence-electron chi connectivity index (χ3n) is 4.37. The van der Waals surface area contributed by atoms with Gasteiger partial charge in [0.05, 0.1) is 29.1 Å². The molecule has 0 bridgehead atoms. The van der Waals surface area contributed by atoms with Crippen molar-refractivity contribution in [2.75, 3.05) is 17.3 Å². The number of carbonyl (C=O) groups excluding carboxylic acids is 2. The summed E-state index contributed by atoms with van der Waals surface area (Å²) in [6, 6.07) is 15.4. The monoisotopic (exact) mass is 444 g/mol. The number of hydrogen-bond donors (Lipinski definition) is 1. The van der Waals surface area contributed by atoms with E-state index in [1.807, 2.05) is 23.6 Å². The number of hydrogen-bond acceptors (Lipinski definition) is 5. The van der Waals surface area contributed by atoms with Gasteiger partial charge in [-0.05, 0) is 41.8 Å². The van der Waals surface area contributed by atoms with E-state index in [-0.39, 0.29) is 22.0 Å². The fourth-order valence-electron chi connectivity index (χ4n) is 3.05. The van der Waals surface area contributed by atoms with Gasteiger partial charge in [0.25, 0.3) is 11.8 Å². The van der Waals surface area contributed by atoms with Crippen molar-refractivity contribution in [3.8, 4) is 5.75 Å². The van der Waals surface area contributed by atoms with Gasteiger partial charge >= 0.3 is 0 Å². The molecule has 0 saturated heterocycles. The number of thiophene rings is 1. The molecule has 146 valence electrons. The van der Waals surface area contributed by atoms with Gasteiger partial charge in [-0.3, -0.25) is 9.59 Å². The van der Waals surface area contributed by atoms with Crippen LogP contribution >= 0.6 is 34.5 Å². The Balaban J connectivity index is 1.84. The minimum Gasteiger partial charge on any atom is -0.495 e. The minimum atomic E-state index is -0.520. The number of imide groups is 1. The fraction of sp³-hybridized carbons (Fsp3) is 0.0476. The maximum Gasteiger partial charge on any atom is 0.282 e. The number of amides is 2. The van der Waals surface area contributed by atoms with Crippen molar-refractivity contribution in [2.24, 2.45) is 0 Å². The van der Waals surface area contributed by atoms with Gasteiger partial charge in [0, 0.05) is 9.90 Å². The minimum absolute atomic E-state index is 0.151. The fourth-order valence-corrected chi connectivity index (χ4v) is 4.19. The number of nitrogens with zero attached hydrogens (tertiary/aromatic N) is 1. The summed E-state index contributed by atoms with van der Waals surface area (Å²) >= 11 is 13.7. The summed E-state index contributed by atoms with van der Waals surface area (Å²) in [6.45, 7) is 0. The summed E-state index contributed by atoms with van der Waals surface area (Å²) in [6.07, 6.45) is 0. The van der Waals surface area contributed by atoms with E-state index in [0.717, 1.165) is 4.90 Å². The standard InChI is InChI=1S/C21H14Cl2N2O3S/c1-28-16-6-3-2-5-14(16)24-19-18(17-7-4-10-29-17)20(26)25(21(19)27)15-11-12(22)8-9-13(15)23/h2-11,24H,1H3. The molecule has 8 heteroatoms. The second-order valence-corrected chi connectivity index (χ2v) is 7.89. The molecule has 0 aliphatic carbocycles. The number of ether oxygens (including phenoxy) is 1. The van der Waals surface area contributed by atoms with Crippen molar-refractivity contribution >= 4 is 63.3 Å². The van der Waals surface area contributed by atoms with E-state index < -0.39 is 11.8 Å². The van der Waals surface area contributed by atoms with Crippen LogP contribution in [0, 0.1) is 0 Å². The second kappa shape index (κ2) is 7.91. The quantitative estimate of drug-likeness (QED) is 0.530. The van der Waals surface area contributed by atoms with Gasteiger partial charge in [-0.2, -0.15) is 0 Å². The third kappa shape index (κ3) is 3.51. The Hall–Kier alpha value is -2.80. The first kappa shape index (κ1) is 19.5. The highest BCUT2D eigenvalue weighted by molar-refractivity contribution is 7.11. The van der Waals surface area contributed by atoms with E-state index >= 15 is 0 Å². The van der Waals surface area contributed by atoms with Crippen LogP contribution in [0.2, 0.25) is 10.0 Å². The molecule has 1 aliphatic rings. The first-order chi connectivity index (χ1) is 14.0. The summed E-state index contributed by atoms with van der Waals surface area (Å²) in [7, 11) is 1.54. The lowest BCUT2D eigenvalue weighted by atomic mass is 10.1. The molecule has 0 radical (unpaired) electrons. The lowest BCUT2D eigenvalue weighted by Gasteiger charge is -2.17. The van der Waals surface area contributed by atoms with Crippen LogP contribution in [0.5, 0.6) is 5.75 Å². The zero-order valence-corrected chi connectivity index (χ0v) is 17.4. The topological polar surface area (TPSA) is 58.6 Å². The first-order valence-electron chi connectivity index (χ1n) is 8.53. The predicted octanol–water partition coefficient (Wildman–Crippen LogP) is 5.46. The van der Waals surface area contributed by atoms with Gasteiger partial charge in [-0.25, -0.2) is 4.90 Å².